The highest BCUT2D eigenvalue weighted by molar-refractivity contribution is 7.59. The zero-order valence-corrected chi connectivity index (χ0v) is 10.7. The van der Waals surface area contributed by atoms with E-state index < -0.39 is 0 Å². The van der Waals surface area contributed by atoms with Gasteiger partial charge in [0.15, 0.2) is 0 Å². The van der Waals surface area contributed by atoms with E-state index in [-0.39, 0.29) is 13.5 Å². The van der Waals surface area contributed by atoms with E-state index in [9.17, 15) is 0 Å². The maximum atomic E-state index is 4.41. The molecule has 1 fully saturated rings. The lowest BCUT2D eigenvalue weighted by Gasteiger charge is -2.09. The summed E-state index contributed by atoms with van der Waals surface area (Å²) in [6, 6.07) is 4.48. The van der Waals surface area contributed by atoms with Gasteiger partial charge in [-0.1, -0.05) is 25.7 Å². The lowest BCUT2D eigenvalue weighted by molar-refractivity contribution is 0.546. The molecule has 0 amide bonds. The van der Waals surface area contributed by atoms with Crippen molar-refractivity contribution in [1.82, 2.24) is 4.98 Å². The summed E-state index contributed by atoms with van der Waals surface area (Å²) in [6.07, 6.45) is 7.01. The second-order valence-electron chi connectivity index (χ2n) is 4.61. The molecule has 1 heterocycles. The number of aryl methyl sites for hydroxylation is 2. The molecule has 2 rings (SSSR count). The number of pyridine rings is 1. The number of hydrogen-bond acceptors (Lipinski definition) is 1. The van der Waals surface area contributed by atoms with Crippen LogP contribution in [-0.2, 0) is 6.42 Å². The van der Waals surface area contributed by atoms with E-state index in [0.717, 1.165) is 17.3 Å². The normalized spacial score (nSPS) is 16.4. The quantitative estimate of drug-likeness (QED) is 0.747. The largest absolute Gasteiger partial charge is 0.258 e. The van der Waals surface area contributed by atoms with Crippen LogP contribution in [0.3, 0.4) is 0 Å². The maximum absolute atomic E-state index is 4.41. The van der Waals surface area contributed by atoms with Gasteiger partial charge in [-0.15, -0.1) is 0 Å². The second kappa shape index (κ2) is 5.55. The third-order valence-electron chi connectivity index (χ3n) is 3.14. The Morgan fingerprint density at radius 2 is 1.67 bits per heavy atom. The average Bonchev–Trinajstić information content (AvgIpc) is 2.54. The van der Waals surface area contributed by atoms with Crippen molar-refractivity contribution < 1.29 is 0 Å². The van der Waals surface area contributed by atoms with Gasteiger partial charge < -0.3 is 0 Å². The zero-order valence-electron chi connectivity index (χ0n) is 9.71. The van der Waals surface area contributed by atoms with Crippen LogP contribution < -0.4 is 0 Å². The van der Waals surface area contributed by atoms with E-state index in [1.807, 2.05) is 0 Å². The molecule has 0 spiro atoms. The van der Waals surface area contributed by atoms with E-state index in [2.05, 4.69) is 31.0 Å². The Balaban J connectivity index is 0.00000112. The smallest absolute Gasteiger partial charge is 0.0378 e. The highest BCUT2D eigenvalue weighted by Gasteiger charge is 2.15. The third kappa shape index (κ3) is 3.53. The van der Waals surface area contributed by atoms with Crippen LogP contribution in [0.15, 0.2) is 12.1 Å². The van der Waals surface area contributed by atoms with Gasteiger partial charge in [0, 0.05) is 11.4 Å². The SMILES string of the molecule is Cc1cc(CC2CCCC2)cc(C)n1.S. The van der Waals surface area contributed by atoms with Crippen LogP contribution in [0.4, 0.5) is 0 Å². The van der Waals surface area contributed by atoms with Crippen molar-refractivity contribution in [2.75, 3.05) is 0 Å². The minimum Gasteiger partial charge on any atom is -0.258 e. The average molecular weight is 223 g/mol. The molecule has 1 aromatic heterocycles. The Bertz CT molecular complexity index is 296. The Labute approximate surface area is 99.8 Å². The molecule has 0 radical (unpaired) electrons. The number of hydrogen-bond donors (Lipinski definition) is 0. The molecule has 1 aliphatic rings. The fourth-order valence-electron chi connectivity index (χ4n) is 2.59. The molecule has 2 heteroatoms. The minimum absolute atomic E-state index is 0. The predicted octanol–water partition coefficient (Wildman–Crippen LogP) is 3.54. The Morgan fingerprint density at radius 3 is 2.20 bits per heavy atom. The van der Waals surface area contributed by atoms with Crippen LogP contribution in [0.2, 0.25) is 0 Å². The number of rotatable bonds is 2. The first-order valence-electron chi connectivity index (χ1n) is 5.68. The van der Waals surface area contributed by atoms with Crippen LogP contribution in [0.25, 0.3) is 0 Å². The summed E-state index contributed by atoms with van der Waals surface area (Å²) >= 11 is 0. The summed E-state index contributed by atoms with van der Waals surface area (Å²) < 4.78 is 0. The van der Waals surface area contributed by atoms with Crippen molar-refractivity contribution in [3.05, 3.63) is 29.1 Å². The lowest BCUT2D eigenvalue weighted by atomic mass is 9.98. The van der Waals surface area contributed by atoms with Crippen molar-refractivity contribution in [3.8, 4) is 0 Å². The van der Waals surface area contributed by atoms with Gasteiger partial charge in [-0.05, 0) is 43.9 Å². The monoisotopic (exact) mass is 223 g/mol. The summed E-state index contributed by atoms with van der Waals surface area (Å²) in [4.78, 5) is 4.41. The van der Waals surface area contributed by atoms with Crippen LogP contribution in [0.1, 0.15) is 42.6 Å². The molecule has 0 saturated heterocycles. The maximum Gasteiger partial charge on any atom is 0.0378 e. The summed E-state index contributed by atoms with van der Waals surface area (Å²) in [6.45, 7) is 4.18. The van der Waals surface area contributed by atoms with Crippen molar-refractivity contribution >= 4 is 13.5 Å². The molecular weight excluding hydrogens is 202 g/mol. The first-order valence-corrected chi connectivity index (χ1v) is 5.68. The molecule has 0 N–H and O–H groups in total. The molecule has 0 unspecified atom stereocenters. The summed E-state index contributed by atoms with van der Waals surface area (Å²) in [5.74, 6) is 0.941. The van der Waals surface area contributed by atoms with Crippen molar-refractivity contribution in [2.45, 2.75) is 46.0 Å². The highest BCUT2D eigenvalue weighted by atomic mass is 32.1. The van der Waals surface area contributed by atoms with Gasteiger partial charge in [0.05, 0.1) is 0 Å². The fourth-order valence-corrected chi connectivity index (χ4v) is 2.59. The Kier molecular flexibility index (Phi) is 4.65. The summed E-state index contributed by atoms with van der Waals surface area (Å²) in [5.41, 5.74) is 3.82. The van der Waals surface area contributed by atoms with Crippen LogP contribution >= 0.6 is 13.5 Å². The van der Waals surface area contributed by atoms with Crippen LogP contribution in [0.5, 0.6) is 0 Å². The molecular formula is C13H21NS. The van der Waals surface area contributed by atoms with Gasteiger partial charge in [0.2, 0.25) is 0 Å². The van der Waals surface area contributed by atoms with Crippen molar-refractivity contribution in [3.63, 3.8) is 0 Å². The van der Waals surface area contributed by atoms with Crippen molar-refractivity contribution in [2.24, 2.45) is 5.92 Å². The highest BCUT2D eigenvalue weighted by Crippen LogP contribution is 2.28. The van der Waals surface area contributed by atoms with Gasteiger partial charge in [-0.3, -0.25) is 4.98 Å². The van der Waals surface area contributed by atoms with Crippen LogP contribution in [0, 0.1) is 19.8 Å². The molecule has 0 aliphatic heterocycles. The molecule has 0 aromatic carbocycles. The fraction of sp³-hybridized carbons (Fsp3) is 0.615. The number of nitrogens with zero attached hydrogens (tertiary/aromatic N) is 1. The van der Waals surface area contributed by atoms with Gasteiger partial charge in [0.1, 0.15) is 0 Å². The van der Waals surface area contributed by atoms with E-state index in [1.165, 1.54) is 37.7 Å². The number of aromatic nitrogens is 1. The molecule has 15 heavy (non-hydrogen) atoms. The lowest BCUT2D eigenvalue weighted by Crippen LogP contribution is -2.00. The summed E-state index contributed by atoms with van der Waals surface area (Å²) in [7, 11) is 0. The Morgan fingerprint density at radius 1 is 1.13 bits per heavy atom. The molecule has 0 bridgehead atoms. The van der Waals surface area contributed by atoms with Gasteiger partial charge in [0.25, 0.3) is 0 Å². The molecule has 1 nitrogen and oxygen atoms in total. The molecule has 1 aliphatic carbocycles. The first-order chi connectivity index (χ1) is 6.74. The minimum atomic E-state index is 0. The van der Waals surface area contributed by atoms with Crippen LogP contribution in [-0.4, -0.2) is 4.98 Å². The molecule has 0 atom stereocenters. The first kappa shape index (κ1) is 12.6. The third-order valence-corrected chi connectivity index (χ3v) is 3.14. The second-order valence-corrected chi connectivity index (χ2v) is 4.61. The Hall–Kier alpha value is -0.500. The van der Waals surface area contributed by atoms with Crippen molar-refractivity contribution in [1.29, 1.82) is 0 Å². The zero-order chi connectivity index (χ0) is 9.97. The van der Waals surface area contributed by atoms with Gasteiger partial charge >= 0.3 is 0 Å². The standard InChI is InChI=1S/C13H19N.H2S/c1-10-7-13(8-11(2)14-10)9-12-5-3-4-6-12;/h7-8,12H,3-6,9H2,1-2H3;1H2. The molecule has 84 valence electrons. The van der Waals surface area contributed by atoms with E-state index in [1.54, 1.807) is 0 Å². The molecule has 1 saturated carbocycles. The van der Waals surface area contributed by atoms with E-state index >= 15 is 0 Å². The topological polar surface area (TPSA) is 12.9 Å². The van der Waals surface area contributed by atoms with Gasteiger partial charge in [-0.25, -0.2) is 0 Å². The predicted molar refractivity (Wildman–Crippen MR) is 69.8 cm³/mol. The van der Waals surface area contributed by atoms with E-state index in [4.69, 9.17) is 0 Å². The van der Waals surface area contributed by atoms with E-state index in [0.29, 0.717) is 0 Å². The summed E-state index contributed by atoms with van der Waals surface area (Å²) in [5, 5.41) is 0. The van der Waals surface area contributed by atoms with Gasteiger partial charge in [-0.2, -0.15) is 13.5 Å². The molecule has 1 aromatic rings.